The molecule has 0 bridgehead atoms. The van der Waals surface area contributed by atoms with Crippen LogP contribution in [-0.4, -0.2) is 5.78 Å². The topological polar surface area (TPSA) is 17.1 Å². The van der Waals surface area contributed by atoms with Gasteiger partial charge in [-0.3, -0.25) is 4.79 Å². The minimum atomic E-state index is -0.00238. The molecule has 0 atom stereocenters. The molecule has 0 saturated carbocycles. The highest BCUT2D eigenvalue weighted by atomic mass is 16.1. The van der Waals surface area contributed by atoms with E-state index in [1.165, 1.54) is 19.3 Å². The molecule has 1 nitrogen and oxygen atoms in total. The summed E-state index contributed by atoms with van der Waals surface area (Å²) in [5.41, 5.74) is 0. The molecule has 0 radical (unpaired) electrons. The average molecular weight is 190 g/mol. The molecule has 0 N–H and O–H groups in total. The van der Waals surface area contributed by atoms with Crippen LogP contribution in [0.25, 0.3) is 0 Å². The molecule has 1 aliphatic carbocycles. The van der Waals surface area contributed by atoms with E-state index in [-0.39, 0.29) is 11.7 Å². The molecular formula is C13H18O. The van der Waals surface area contributed by atoms with Crippen LogP contribution in [0.15, 0.2) is 36.5 Å². The highest BCUT2D eigenvalue weighted by Crippen LogP contribution is 2.11. The molecule has 76 valence electrons. The summed E-state index contributed by atoms with van der Waals surface area (Å²) in [6.45, 7) is 2.18. The van der Waals surface area contributed by atoms with Crippen LogP contribution >= 0.6 is 0 Å². The van der Waals surface area contributed by atoms with E-state index in [4.69, 9.17) is 0 Å². The van der Waals surface area contributed by atoms with E-state index >= 15 is 0 Å². The highest BCUT2D eigenvalue weighted by Gasteiger charge is 2.09. The first-order valence-electron chi connectivity index (χ1n) is 5.40. The van der Waals surface area contributed by atoms with Crippen LogP contribution in [0, 0.1) is 5.92 Å². The standard InChI is InChI=1S/C13H18O/c1-2-3-4-5-6-11-13(14)12-9-7-8-10-12/h6-12H,2-5H2,1H3. The number of unbranched alkanes of at least 4 members (excludes halogenated alkanes) is 3. The second-order valence-electron chi connectivity index (χ2n) is 3.60. The van der Waals surface area contributed by atoms with E-state index in [2.05, 4.69) is 6.92 Å². The number of carbonyl (C=O) groups is 1. The third-order valence-corrected chi connectivity index (χ3v) is 2.33. The molecule has 0 amide bonds. The maximum Gasteiger partial charge on any atom is 0.165 e. The van der Waals surface area contributed by atoms with Gasteiger partial charge >= 0.3 is 0 Å². The Labute approximate surface area is 86.2 Å². The second kappa shape index (κ2) is 6.36. The fraction of sp³-hybridized carbons (Fsp3) is 0.462. The summed E-state index contributed by atoms with van der Waals surface area (Å²) >= 11 is 0. The molecule has 0 aromatic rings. The summed E-state index contributed by atoms with van der Waals surface area (Å²) in [5, 5.41) is 0. The Morgan fingerprint density at radius 3 is 2.64 bits per heavy atom. The van der Waals surface area contributed by atoms with Crippen molar-refractivity contribution in [3.05, 3.63) is 36.5 Å². The van der Waals surface area contributed by atoms with E-state index in [9.17, 15) is 4.79 Å². The zero-order chi connectivity index (χ0) is 10.2. The quantitative estimate of drug-likeness (QED) is 0.463. The monoisotopic (exact) mass is 190 g/mol. The van der Waals surface area contributed by atoms with E-state index in [0.717, 1.165) is 6.42 Å². The Kier molecular flexibility index (Phi) is 4.98. The van der Waals surface area contributed by atoms with Gasteiger partial charge in [0.15, 0.2) is 5.78 Å². The smallest absolute Gasteiger partial charge is 0.165 e. The summed E-state index contributed by atoms with van der Waals surface area (Å²) in [5.74, 6) is 0.198. The maximum atomic E-state index is 11.5. The number of ketones is 1. The lowest BCUT2D eigenvalue weighted by Crippen LogP contribution is -2.03. The van der Waals surface area contributed by atoms with Crippen LogP contribution in [0.3, 0.4) is 0 Å². The predicted molar refractivity (Wildman–Crippen MR) is 60.1 cm³/mol. The molecule has 1 aliphatic rings. The van der Waals surface area contributed by atoms with Gasteiger partial charge in [-0.2, -0.15) is 0 Å². The lowest BCUT2D eigenvalue weighted by atomic mass is 10.1. The third kappa shape index (κ3) is 3.73. The van der Waals surface area contributed by atoms with Gasteiger partial charge in [-0.1, -0.05) is 50.1 Å². The molecular weight excluding hydrogens is 172 g/mol. The molecule has 0 aromatic heterocycles. The van der Waals surface area contributed by atoms with Crippen LogP contribution < -0.4 is 0 Å². The summed E-state index contributed by atoms with van der Waals surface area (Å²) in [6, 6.07) is 0. The summed E-state index contributed by atoms with van der Waals surface area (Å²) in [4.78, 5) is 11.5. The lowest BCUT2D eigenvalue weighted by Gasteiger charge is -1.97. The molecule has 0 spiro atoms. The van der Waals surface area contributed by atoms with Gasteiger partial charge in [0.25, 0.3) is 0 Å². The second-order valence-corrected chi connectivity index (χ2v) is 3.60. The normalized spacial score (nSPS) is 15.8. The van der Waals surface area contributed by atoms with Crippen molar-refractivity contribution in [3.8, 4) is 0 Å². The molecule has 0 heterocycles. The minimum Gasteiger partial charge on any atom is -0.294 e. The van der Waals surface area contributed by atoms with Gasteiger partial charge in [0, 0.05) is 0 Å². The number of carbonyl (C=O) groups excluding carboxylic acids is 1. The molecule has 1 rings (SSSR count). The Morgan fingerprint density at radius 1 is 1.29 bits per heavy atom. The molecule has 0 unspecified atom stereocenters. The highest BCUT2D eigenvalue weighted by molar-refractivity contribution is 5.94. The largest absolute Gasteiger partial charge is 0.294 e. The summed E-state index contributed by atoms with van der Waals surface area (Å²) in [6.07, 6.45) is 16.1. The number of rotatable bonds is 6. The van der Waals surface area contributed by atoms with Crippen molar-refractivity contribution in [1.29, 1.82) is 0 Å². The van der Waals surface area contributed by atoms with Crippen LogP contribution in [0.5, 0.6) is 0 Å². The number of hydrogen-bond donors (Lipinski definition) is 0. The Hall–Kier alpha value is -1.11. The van der Waals surface area contributed by atoms with E-state index < -0.39 is 0 Å². The van der Waals surface area contributed by atoms with Crippen molar-refractivity contribution >= 4 is 5.78 Å². The first-order valence-corrected chi connectivity index (χ1v) is 5.40. The third-order valence-electron chi connectivity index (χ3n) is 2.33. The molecule has 0 aliphatic heterocycles. The number of allylic oxidation sites excluding steroid dienone is 6. The Balaban J connectivity index is 2.19. The van der Waals surface area contributed by atoms with Crippen LogP contribution in [0.1, 0.15) is 32.6 Å². The zero-order valence-corrected chi connectivity index (χ0v) is 8.78. The van der Waals surface area contributed by atoms with Gasteiger partial charge in [-0.25, -0.2) is 0 Å². The van der Waals surface area contributed by atoms with Crippen molar-refractivity contribution in [1.82, 2.24) is 0 Å². The summed E-state index contributed by atoms with van der Waals surface area (Å²) in [7, 11) is 0. The van der Waals surface area contributed by atoms with Crippen molar-refractivity contribution in [2.75, 3.05) is 0 Å². The number of hydrogen-bond acceptors (Lipinski definition) is 1. The van der Waals surface area contributed by atoms with E-state index in [1.54, 1.807) is 6.08 Å². The summed E-state index contributed by atoms with van der Waals surface area (Å²) < 4.78 is 0. The van der Waals surface area contributed by atoms with Gasteiger partial charge in [-0.15, -0.1) is 0 Å². The van der Waals surface area contributed by atoms with Crippen molar-refractivity contribution in [2.24, 2.45) is 5.92 Å². The molecule has 0 fully saturated rings. The van der Waals surface area contributed by atoms with Gasteiger partial charge in [0.05, 0.1) is 5.92 Å². The van der Waals surface area contributed by atoms with Crippen molar-refractivity contribution < 1.29 is 4.79 Å². The van der Waals surface area contributed by atoms with Crippen LogP contribution in [0.4, 0.5) is 0 Å². The molecule has 14 heavy (non-hydrogen) atoms. The minimum absolute atomic E-state index is 0.00238. The molecule has 0 aromatic carbocycles. The predicted octanol–water partition coefficient (Wildman–Crippen LogP) is 3.43. The van der Waals surface area contributed by atoms with Crippen LogP contribution in [0.2, 0.25) is 0 Å². The molecule has 0 saturated heterocycles. The lowest BCUT2D eigenvalue weighted by molar-refractivity contribution is -0.115. The molecule has 1 heteroatoms. The van der Waals surface area contributed by atoms with Crippen molar-refractivity contribution in [3.63, 3.8) is 0 Å². The van der Waals surface area contributed by atoms with Crippen molar-refractivity contribution in [2.45, 2.75) is 32.6 Å². The van der Waals surface area contributed by atoms with Gasteiger partial charge < -0.3 is 0 Å². The fourth-order valence-electron chi connectivity index (χ4n) is 1.44. The Bertz CT molecular complexity index is 246. The Morgan fingerprint density at radius 2 is 2.00 bits per heavy atom. The average Bonchev–Trinajstić information content (AvgIpc) is 2.70. The van der Waals surface area contributed by atoms with Crippen LogP contribution in [-0.2, 0) is 4.79 Å². The first-order chi connectivity index (χ1) is 6.84. The van der Waals surface area contributed by atoms with Gasteiger partial charge in [-0.05, 0) is 18.9 Å². The van der Waals surface area contributed by atoms with Gasteiger partial charge in [0.1, 0.15) is 0 Å². The maximum absolute atomic E-state index is 11.5. The van der Waals surface area contributed by atoms with E-state index in [0.29, 0.717) is 0 Å². The SMILES string of the molecule is CCCCCC=CC(=O)C1C=CC=C1. The zero-order valence-electron chi connectivity index (χ0n) is 8.78. The van der Waals surface area contributed by atoms with E-state index in [1.807, 2.05) is 30.4 Å². The van der Waals surface area contributed by atoms with Gasteiger partial charge in [0.2, 0.25) is 0 Å². The fourth-order valence-corrected chi connectivity index (χ4v) is 1.44. The first kappa shape index (κ1) is 11.0.